The Bertz CT molecular complexity index is 352. The number of hydrogen-bond donors (Lipinski definition) is 0. The van der Waals surface area contributed by atoms with E-state index < -0.39 is 18.1 Å². The van der Waals surface area contributed by atoms with E-state index in [4.69, 9.17) is 21.1 Å². The summed E-state index contributed by atoms with van der Waals surface area (Å²) in [4.78, 5) is 25.1. The number of halogens is 1. The third-order valence-electron chi connectivity index (χ3n) is 3.96. The zero-order chi connectivity index (χ0) is 18.4. The first-order valence-corrected chi connectivity index (χ1v) is 9.59. The van der Waals surface area contributed by atoms with Crippen LogP contribution in [0.1, 0.15) is 65.7 Å². The predicted molar refractivity (Wildman–Crippen MR) is 97.4 cm³/mol. The van der Waals surface area contributed by atoms with Crippen LogP contribution in [0.5, 0.6) is 0 Å². The molecule has 0 spiro atoms. The number of likely N-dealkylation sites (N-methyl/N-ethyl adjacent to an activating group) is 1. The summed E-state index contributed by atoms with van der Waals surface area (Å²) in [6, 6.07) is -0.659. The third kappa shape index (κ3) is 10.7. The lowest BCUT2D eigenvalue weighted by atomic mass is 10.1. The molecule has 0 N–H and O–H groups in total. The molecule has 0 bridgehead atoms. The van der Waals surface area contributed by atoms with Crippen molar-refractivity contribution in [3.05, 3.63) is 0 Å². The molecule has 24 heavy (non-hydrogen) atoms. The van der Waals surface area contributed by atoms with Gasteiger partial charge in [0.05, 0.1) is 13.2 Å². The van der Waals surface area contributed by atoms with Crippen LogP contribution in [-0.2, 0) is 14.3 Å². The van der Waals surface area contributed by atoms with Crippen molar-refractivity contribution >= 4 is 23.7 Å². The molecule has 2 unspecified atom stereocenters. The molecule has 0 aliphatic heterocycles. The fourth-order valence-corrected chi connectivity index (χ4v) is 2.12. The second kappa shape index (κ2) is 14.4. The van der Waals surface area contributed by atoms with Crippen LogP contribution in [0.3, 0.4) is 0 Å². The van der Waals surface area contributed by atoms with E-state index in [0.717, 1.165) is 12.8 Å². The van der Waals surface area contributed by atoms with E-state index in [2.05, 4.69) is 6.92 Å². The summed E-state index contributed by atoms with van der Waals surface area (Å²) in [5.74, 6) is 0.113. The second-order valence-corrected chi connectivity index (χ2v) is 6.72. The Morgan fingerprint density at radius 1 is 1.00 bits per heavy atom. The van der Waals surface area contributed by atoms with Gasteiger partial charge in [-0.2, -0.15) is 0 Å². The zero-order valence-electron chi connectivity index (χ0n) is 15.7. The summed E-state index contributed by atoms with van der Waals surface area (Å²) in [6.45, 7) is 6.38. The summed E-state index contributed by atoms with van der Waals surface area (Å²) >= 11 is 5.67. The minimum absolute atomic E-state index is 0.0867. The molecule has 5 nitrogen and oxygen atoms in total. The number of amides is 1. The van der Waals surface area contributed by atoms with Crippen molar-refractivity contribution in [3.8, 4) is 0 Å². The Labute approximate surface area is 152 Å². The van der Waals surface area contributed by atoms with Gasteiger partial charge in [-0.3, -0.25) is 4.90 Å². The molecule has 0 heterocycles. The van der Waals surface area contributed by atoms with Gasteiger partial charge in [0.15, 0.2) is 0 Å². The SMILES string of the molecule is CCCCCCCCCOC(=O)C(C)N(C)C(=O)OCC(C)CCl. The first-order valence-electron chi connectivity index (χ1n) is 9.06. The molecular weight excluding hydrogens is 330 g/mol. The average Bonchev–Trinajstić information content (AvgIpc) is 2.59. The molecule has 0 aromatic heterocycles. The molecule has 0 aliphatic rings. The van der Waals surface area contributed by atoms with E-state index in [0.29, 0.717) is 12.5 Å². The molecule has 142 valence electrons. The Morgan fingerprint density at radius 3 is 2.17 bits per heavy atom. The highest BCUT2D eigenvalue weighted by Gasteiger charge is 2.25. The van der Waals surface area contributed by atoms with Crippen molar-refractivity contribution in [2.45, 2.75) is 71.8 Å². The van der Waals surface area contributed by atoms with Gasteiger partial charge in [-0.05, 0) is 13.3 Å². The maximum absolute atomic E-state index is 12.0. The standard InChI is InChI=1S/C18H34ClNO4/c1-5-6-7-8-9-10-11-12-23-17(21)16(3)20(4)18(22)24-14-15(2)13-19/h15-16H,5-14H2,1-4H3. The van der Waals surface area contributed by atoms with Crippen LogP contribution < -0.4 is 0 Å². The van der Waals surface area contributed by atoms with Crippen LogP contribution in [0, 0.1) is 5.92 Å². The summed E-state index contributed by atoms with van der Waals surface area (Å²) in [5.41, 5.74) is 0. The fraction of sp³-hybridized carbons (Fsp3) is 0.889. The summed E-state index contributed by atoms with van der Waals surface area (Å²) < 4.78 is 10.4. The molecule has 0 aromatic rings. The van der Waals surface area contributed by atoms with Crippen LogP contribution in [0.25, 0.3) is 0 Å². The number of ether oxygens (including phenoxy) is 2. The molecule has 0 fully saturated rings. The van der Waals surface area contributed by atoms with E-state index in [1.165, 1.54) is 44.1 Å². The highest BCUT2D eigenvalue weighted by Crippen LogP contribution is 2.08. The lowest BCUT2D eigenvalue weighted by Gasteiger charge is -2.23. The monoisotopic (exact) mass is 363 g/mol. The Morgan fingerprint density at radius 2 is 1.58 bits per heavy atom. The van der Waals surface area contributed by atoms with Gasteiger partial charge in [0.1, 0.15) is 6.04 Å². The molecule has 0 aliphatic carbocycles. The molecule has 1 amide bonds. The third-order valence-corrected chi connectivity index (χ3v) is 4.48. The highest BCUT2D eigenvalue weighted by molar-refractivity contribution is 6.18. The number of nitrogens with zero attached hydrogens (tertiary/aromatic N) is 1. The first-order chi connectivity index (χ1) is 11.4. The number of hydrogen-bond acceptors (Lipinski definition) is 4. The second-order valence-electron chi connectivity index (χ2n) is 6.41. The number of carbonyl (C=O) groups excluding carboxylic acids is 2. The van der Waals surface area contributed by atoms with Gasteiger partial charge in [-0.25, -0.2) is 9.59 Å². The van der Waals surface area contributed by atoms with Crippen molar-refractivity contribution in [1.82, 2.24) is 4.90 Å². The van der Waals surface area contributed by atoms with Crippen LogP contribution in [0.2, 0.25) is 0 Å². The largest absolute Gasteiger partial charge is 0.464 e. The lowest BCUT2D eigenvalue weighted by molar-refractivity contribution is -0.148. The molecular formula is C18H34ClNO4. The van der Waals surface area contributed by atoms with Crippen molar-refractivity contribution in [2.24, 2.45) is 5.92 Å². The molecule has 0 saturated carbocycles. The summed E-state index contributed by atoms with van der Waals surface area (Å²) in [5, 5.41) is 0. The first kappa shape index (κ1) is 23.0. The van der Waals surface area contributed by atoms with Crippen molar-refractivity contribution in [1.29, 1.82) is 0 Å². The van der Waals surface area contributed by atoms with Crippen molar-refractivity contribution < 1.29 is 19.1 Å². The number of carbonyl (C=O) groups is 2. The van der Waals surface area contributed by atoms with Gasteiger partial charge in [-0.1, -0.05) is 52.4 Å². The predicted octanol–water partition coefficient (Wildman–Crippen LogP) is 4.61. The van der Waals surface area contributed by atoms with E-state index in [9.17, 15) is 9.59 Å². The van der Waals surface area contributed by atoms with Gasteiger partial charge >= 0.3 is 12.1 Å². The van der Waals surface area contributed by atoms with Crippen LogP contribution in [0.4, 0.5) is 4.79 Å². The molecule has 2 atom stereocenters. The number of esters is 1. The summed E-state index contributed by atoms with van der Waals surface area (Å²) in [7, 11) is 1.54. The van der Waals surface area contributed by atoms with E-state index >= 15 is 0 Å². The van der Waals surface area contributed by atoms with Crippen molar-refractivity contribution in [2.75, 3.05) is 26.1 Å². The van der Waals surface area contributed by atoms with Crippen LogP contribution in [0.15, 0.2) is 0 Å². The van der Waals surface area contributed by atoms with Gasteiger partial charge in [-0.15, -0.1) is 11.6 Å². The number of alkyl halides is 1. The van der Waals surface area contributed by atoms with Gasteiger partial charge in [0.25, 0.3) is 0 Å². The molecule has 0 aromatic carbocycles. The highest BCUT2D eigenvalue weighted by atomic mass is 35.5. The van der Waals surface area contributed by atoms with E-state index in [1.807, 2.05) is 6.92 Å². The van der Waals surface area contributed by atoms with Gasteiger partial charge in [0.2, 0.25) is 0 Å². The van der Waals surface area contributed by atoms with Crippen molar-refractivity contribution in [3.63, 3.8) is 0 Å². The lowest BCUT2D eigenvalue weighted by Crippen LogP contribution is -2.42. The molecule has 0 rings (SSSR count). The molecule has 0 saturated heterocycles. The Kier molecular flexibility index (Phi) is 13.8. The zero-order valence-corrected chi connectivity index (χ0v) is 16.4. The minimum atomic E-state index is -0.659. The van der Waals surface area contributed by atoms with Crippen LogP contribution >= 0.6 is 11.6 Å². The normalized spacial score (nSPS) is 13.2. The van der Waals surface area contributed by atoms with Crippen LogP contribution in [-0.4, -0.2) is 49.1 Å². The molecule has 0 radical (unpaired) electrons. The number of unbranched alkanes of at least 4 members (excludes halogenated alkanes) is 6. The smallest absolute Gasteiger partial charge is 0.410 e. The number of rotatable bonds is 13. The topological polar surface area (TPSA) is 55.8 Å². The average molecular weight is 364 g/mol. The molecule has 6 heteroatoms. The quantitative estimate of drug-likeness (QED) is 0.272. The summed E-state index contributed by atoms with van der Waals surface area (Å²) in [6.07, 6.45) is 7.64. The van der Waals surface area contributed by atoms with E-state index in [1.54, 1.807) is 6.92 Å². The van der Waals surface area contributed by atoms with E-state index in [-0.39, 0.29) is 12.5 Å². The fourth-order valence-electron chi connectivity index (χ4n) is 2.03. The maximum Gasteiger partial charge on any atom is 0.410 e. The Balaban J connectivity index is 3.86. The Hall–Kier alpha value is -0.970. The van der Waals surface area contributed by atoms with Gasteiger partial charge in [0, 0.05) is 18.8 Å². The minimum Gasteiger partial charge on any atom is -0.464 e. The maximum atomic E-state index is 12.0. The van der Waals surface area contributed by atoms with Gasteiger partial charge < -0.3 is 9.47 Å².